The number of hydrogen-bond acceptors (Lipinski definition) is 8. The first-order valence-corrected chi connectivity index (χ1v) is 20.0. The minimum absolute atomic E-state index is 0. The molecule has 322 valence electrons. The van der Waals surface area contributed by atoms with Crippen LogP contribution in [0.4, 0.5) is 4.79 Å². The predicted molar refractivity (Wildman–Crippen MR) is 227 cm³/mol. The number of imidazole rings is 1. The number of allylic oxidation sites excluding steroid dienone is 2. The molecule has 56 heavy (non-hydrogen) atoms. The number of aromatic nitrogens is 2. The molecule has 2 aromatic rings. The van der Waals surface area contributed by atoms with Crippen molar-refractivity contribution in [3.05, 3.63) is 46.6 Å². The summed E-state index contributed by atoms with van der Waals surface area (Å²) in [5.74, 6) is 1.63. The molecule has 0 spiro atoms. The maximum absolute atomic E-state index is 11.9. The third kappa shape index (κ3) is 17.0. The van der Waals surface area contributed by atoms with Gasteiger partial charge in [-0.2, -0.15) is 0 Å². The van der Waals surface area contributed by atoms with Gasteiger partial charge in [0, 0.05) is 35.7 Å². The van der Waals surface area contributed by atoms with E-state index in [4.69, 9.17) is 20.0 Å². The molecule has 0 bridgehead atoms. The summed E-state index contributed by atoms with van der Waals surface area (Å²) in [6, 6.07) is 7.13. The highest BCUT2D eigenvalue weighted by Crippen LogP contribution is 2.51. The Kier molecular flexibility index (Phi) is 21.9. The number of ether oxygens (including phenoxy) is 2. The van der Waals surface area contributed by atoms with Crippen LogP contribution in [0.5, 0.6) is 0 Å². The highest BCUT2D eigenvalue weighted by molar-refractivity contribution is 5.89. The lowest BCUT2D eigenvalue weighted by Crippen LogP contribution is -2.48. The van der Waals surface area contributed by atoms with Crippen LogP contribution < -0.4 is 22.1 Å². The number of nitrogens with one attached hydrogen (secondary N) is 3. The van der Waals surface area contributed by atoms with Crippen molar-refractivity contribution in [2.24, 2.45) is 23.0 Å². The number of H-pyrrole nitrogens is 1. The van der Waals surface area contributed by atoms with Crippen LogP contribution >= 0.6 is 0 Å². The van der Waals surface area contributed by atoms with Crippen LogP contribution in [0.2, 0.25) is 0 Å². The monoisotopic (exact) mass is 793 g/mol. The van der Waals surface area contributed by atoms with Crippen molar-refractivity contribution in [3.8, 4) is 0 Å². The first-order valence-electron chi connectivity index (χ1n) is 20.0. The Labute approximate surface area is 338 Å². The topological polar surface area (TPSA) is 195 Å². The van der Waals surface area contributed by atoms with Crippen LogP contribution in [-0.2, 0) is 35.2 Å². The lowest BCUT2D eigenvalue weighted by molar-refractivity contribution is -0.136. The minimum atomic E-state index is -0.657. The van der Waals surface area contributed by atoms with Crippen molar-refractivity contribution >= 4 is 41.6 Å². The fourth-order valence-electron chi connectivity index (χ4n) is 6.58. The number of aromatic amines is 1. The molecule has 14 nitrogen and oxygen atoms in total. The first kappa shape index (κ1) is 49.4. The van der Waals surface area contributed by atoms with E-state index in [0.29, 0.717) is 36.8 Å². The minimum Gasteiger partial charge on any atom is -0.501 e. The number of carbonyl (C=O) groups excluding carboxylic acids is 5. The predicted octanol–water partition coefficient (Wildman–Crippen LogP) is 6.96. The number of carbonyl (C=O) groups is 5. The average Bonchev–Trinajstić information content (AvgIpc) is 4.01. The molecule has 1 aliphatic heterocycles. The Balaban J connectivity index is -0.000000706. The van der Waals surface area contributed by atoms with Gasteiger partial charge in [0.2, 0.25) is 17.7 Å². The molecule has 2 saturated carbocycles. The van der Waals surface area contributed by atoms with Crippen LogP contribution in [0.3, 0.4) is 0 Å². The van der Waals surface area contributed by atoms with Crippen LogP contribution in [0.25, 0.3) is 11.0 Å². The van der Waals surface area contributed by atoms with Gasteiger partial charge in [-0.25, -0.2) is 9.59 Å². The van der Waals surface area contributed by atoms with Crippen LogP contribution in [-0.4, -0.2) is 83.9 Å². The molecule has 14 heteroatoms. The van der Waals surface area contributed by atoms with E-state index in [-0.39, 0.29) is 28.3 Å². The van der Waals surface area contributed by atoms with E-state index in [1.807, 2.05) is 44.9 Å². The van der Waals surface area contributed by atoms with Crippen LogP contribution in [0.1, 0.15) is 123 Å². The molecule has 0 unspecified atom stereocenters. The SMILES string of the molecule is C=O.CC(C)(C)OC(=O)NCC(=O)N1CCC[C@H]1C(N)=O.CC=C(OC)C1(C)CC1.CCCCCCC[C@@H]1C[C@@H]1C(=O)NC.CCn1c(=O)[nH]c2ccccc21.[HH].[HH].[HH]. The summed E-state index contributed by atoms with van der Waals surface area (Å²) in [7, 11) is 3.48. The third-order valence-electron chi connectivity index (χ3n) is 9.94. The largest absolute Gasteiger partial charge is 0.501 e. The van der Waals surface area contributed by atoms with E-state index in [0.717, 1.165) is 29.6 Å². The Morgan fingerprint density at radius 1 is 1.09 bits per heavy atom. The Morgan fingerprint density at radius 2 is 1.73 bits per heavy atom. The van der Waals surface area contributed by atoms with Gasteiger partial charge >= 0.3 is 11.8 Å². The van der Waals surface area contributed by atoms with Gasteiger partial charge in [0.25, 0.3) is 0 Å². The van der Waals surface area contributed by atoms with Crippen LogP contribution in [0, 0.1) is 17.3 Å². The summed E-state index contributed by atoms with van der Waals surface area (Å²) in [4.78, 5) is 69.1. The summed E-state index contributed by atoms with van der Waals surface area (Å²) in [5, 5.41) is 5.10. The van der Waals surface area contributed by atoms with Gasteiger partial charge < -0.3 is 40.5 Å². The number of benzene rings is 1. The standard InChI is InChI=1S/C12H21N3O4.C12H23NO.C9H10N2O.C8H14O.CH2O.3H2/c1-12(2,3)19-11(18)14-7-9(16)15-6-4-5-8(15)10(13)17;1-3-4-5-6-7-8-10-9-11(10)12(14)13-2;1-2-11-8-6-4-3-5-7(8)10-9(11)12;1-4-7(9-3)8(2)5-6-8;1-2;;;/h8H,4-7H2,1-3H3,(H2,13,17)(H,14,18);10-11H,3-9H2,1-2H3,(H,13,14);3-6H,2H2,1H3,(H,10,12);4H,5-6H2,1-3H3;1H2;3*1H/t8-;10-,11+;;;;;;/m01....../s1. The number of nitrogens with two attached hydrogens (primary N) is 1. The van der Waals surface area contributed by atoms with Crippen molar-refractivity contribution in [1.29, 1.82) is 0 Å². The van der Waals surface area contributed by atoms with E-state index in [1.54, 1.807) is 39.5 Å². The second-order valence-corrected chi connectivity index (χ2v) is 15.5. The molecule has 0 radical (unpaired) electrons. The molecular formula is C42H76N6O8. The summed E-state index contributed by atoms with van der Waals surface area (Å²) >= 11 is 0. The molecule has 5 rings (SSSR count). The zero-order valence-corrected chi connectivity index (χ0v) is 35.5. The van der Waals surface area contributed by atoms with E-state index < -0.39 is 23.6 Å². The number of primary amides is 1. The number of unbranched alkanes of at least 4 members (excludes halogenated alkanes) is 4. The molecule has 1 aromatic heterocycles. The molecule has 1 aromatic carbocycles. The molecule has 2 aliphatic carbocycles. The van der Waals surface area contributed by atoms with Crippen molar-refractivity contribution in [2.75, 3.05) is 27.2 Å². The summed E-state index contributed by atoms with van der Waals surface area (Å²) in [5.41, 5.74) is 6.87. The normalized spacial score (nSPS) is 18.8. The van der Waals surface area contributed by atoms with Crippen molar-refractivity contribution < 1.29 is 37.7 Å². The Hall–Kier alpha value is -4.62. The van der Waals surface area contributed by atoms with Crippen molar-refractivity contribution in [2.45, 2.75) is 137 Å². The average molecular weight is 793 g/mol. The Bertz CT molecular complexity index is 1620. The second kappa shape index (κ2) is 24.8. The zero-order valence-electron chi connectivity index (χ0n) is 35.5. The maximum atomic E-state index is 11.9. The highest BCUT2D eigenvalue weighted by Gasteiger charge is 2.42. The summed E-state index contributed by atoms with van der Waals surface area (Å²) in [6.45, 7) is 16.7. The van der Waals surface area contributed by atoms with E-state index in [1.165, 1.54) is 56.3 Å². The van der Waals surface area contributed by atoms with E-state index in [9.17, 15) is 24.0 Å². The quantitative estimate of drug-likeness (QED) is 0.123. The van der Waals surface area contributed by atoms with E-state index >= 15 is 0 Å². The number of aryl methyl sites for hydroxylation is 1. The molecule has 2 heterocycles. The van der Waals surface area contributed by atoms with Gasteiger partial charge in [-0.3, -0.25) is 19.0 Å². The number of nitrogens with zero attached hydrogens (tertiary/aromatic N) is 2. The van der Waals surface area contributed by atoms with Gasteiger partial charge in [0.05, 0.1) is 23.9 Å². The van der Waals surface area contributed by atoms with Gasteiger partial charge in [-0.15, -0.1) is 0 Å². The molecule has 4 amide bonds. The van der Waals surface area contributed by atoms with Gasteiger partial charge in [0.1, 0.15) is 25.0 Å². The van der Waals surface area contributed by atoms with Gasteiger partial charge in [-0.1, -0.05) is 58.1 Å². The molecule has 3 aliphatic rings. The number of para-hydroxylation sites is 2. The smallest absolute Gasteiger partial charge is 0.408 e. The number of alkyl carbamates (subject to hydrolysis) is 1. The van der Waals surface area contributed by atoms with E-state index in [2.05, 4.69) is 35.5 Å². The van der Waals surface area contributed by atoms with Crippen LogP contribution in [0.15, 0.2) is 40.9 Å². The number of fused-ring (bicyclic) bond motifs is 1. The highest BCUT2D eigenvalue weighted by atomic mass is 16.6. The van der Waals surface area contributed by atoms with Crippen molar-refractivity contribution in [3.63, 3.8) is 0 Å². The first-order chi connectivity index (χ1) is 26.5. The molecule has 5 N–H and O–H groups in total. The Morgan fingerprint density at radius 3 is 2.25 bits per heavy atom. The fraction of sp³-hybridized carbons (Fsp3) is 0.667. The maximum Gasteiger partial charge on any atom is 0.408 e. The third-order valence-corrected chi connectivity index (χ3v) is 9.94. The number of amides is 4. The van der Waals surface area contributed by atoms with Crippen molar-refractivity contribution in [1.82, 2.24) is 25.1 Å². The molecular weight excluding hydrogens is 716 g/mol. The molecule has 3 fully saturated rings. The molecule has 1 saturated heterocycles. The number of hydrogen-bond donors (Lipinski definition) is 4. The lowest BCUT2D eigenvalue weighted by atomic mass is 10.1. The number of rotatable bonds is 13. The fourth-order valence-corrected chi connectivity index (χ4v) is 6.58. The zero-order chi connectivity index (χ0) is 42.5. The lowest BCUT2D eigenvalue weighted by Gasteiger charge is -2.23. The number of likely N-dealkylation sites (tertiary alicyclic amines) is 1. The number of methoxy groups -OCH3 is 1. The van der Waals surface area contributed by atoms with Gasteiger partial charge in [0.15, 0.2) is 0 Å². The summed E-state index contributed by atoms with van der Waals surface area (Å²) < 4.78 is 11.9. The molecule has 3 atom stereocenters. The second-order valence-electron chi connectivity index (χ2n) is 15.5. The summed E-state index contributed by atoms with van der Waals surface area (Å²) in [6.07, 6.45) is 14.4. The van der Waals surface area contributed by atoms with Gasteiger partial charge in [-0.05, 0) is 97.3 Å².